The van der Waals surface area contributed by atoms with Gasteiger partial charge in [0.05, 0.1) is 17.2 Å². The lowest BCUT2D eigenvalue weighted by Crippen LogP contribution is -2.37. The first kappa shape index (κ1) is 13.0. The van der Waals surface area contributed by atoms with E-state index < -0.39 is 0 Å². The second-order valence-corrected chi connectivity index (χ2v) is 4.38. The minimum atomic E-state index is 0.582. The highest BCUT2D eigenvalue weighted by Gasteiger charge is 2.03. The van der Waals surface area contributed by atoms with Crippen LogP contribution >= 0.6 is 11.3 Å². The van der Waals surface area contributed by atoms with Gasteiger partial charge in [-0.2, -0.15) is 0 Å². The quantitative estimate of drug-likeness (QED) is 0.631. The number of aromatic nitrogens is 1. The number of nitrogens with two attached hydrogens (primary N) is 1. The minimum absolute atomic E-state index is 0.582. The molecule has 0 aliphatic rings. The van der Waals surface area contributed by atoms with Gasteiger partial charge in [0.1, 0.15) is 0 Å². The lowest BCUT2D eigenvalue weighted by Gasteiger charge is -2.19. The molecule has 0 fully saturated rings. The van der Waals surface area contributed by atoms with Crippen LogP contribution in [0.4, 0.5) is 0 Å². The molecule has 1 heterocycles. The Labute approximate surface area is 101 Å². The van der Waals surface area contributed by atoms with Crippen LogP contribution in [0, 0.1) is 0 Å². The molecule has 90 valence electrons. The molecule has 2 N–H and O–H groups in total. The summed E-state index contributed by atoms with van der Waals surface area (Å²) in [5.41, 5.74) is 6.89. The third-order valence-corrected chi connectivity index (χ3v) is 3.43. The number of guanidine groups is 1. The molecule has 0 spiro atoms. The van der Waals surface area contributed by atoms with Crippen LogP contribution < -0.4 is 5.73 Å². The molecule has 0 saturated heterocycles. The Kier molecular flexibility index (Phi) is 5.25. The molecule has 0 aliphatic heterocycles. The van der Waals surface area contributed by atoms with Gasteiger partial charge in [0.25, 0.3) is 0 Å². The van der Waals surface area contributed by atoms with Gasteiger partial charge in [0.2, 0.25) is 0 Å². The van der Waals surface area contributed by atoms with E-state index in [0.717, 1.165) is 30.2 Å². The SMILES string of the molecule is CCc1nc(CN=C(N)N(CC)CC)cs1. The molecule has 0 aromatic carbocycles. The van der Waals surface area contributed by atoms with E-state index in [0.29, 0.717) is 12.5 Å². The Balaban J connectivity index is 2.57. The Morgan fingerprint density at radius 3 is 2.62 bits per heavy atom. The van der Waals surface area contributed by atoms with Crippen LogP contribution in [-0.4, -0.2) is 28.9 Å². The number of rotatable bonds is 5. The summed E-state index contributed by atoms with van der Waals surface area (Å²) >= 11 is 1.69. The zero-order valence-electron chi connectivity index (χ0n) is 10.2. The standard InChI is InChI=1S/C11H20N4S/c1-4-10-14-9(8-16-10)7-13-11(12)15(5-2)6-3/h8H,4-7H2,1-3H3,(H2,12,13). The smallest absolute Gasteiger partial charge is 0.191 e. The topological polar surface area (TPSA) is 54.5 Å². The summed E-state index contributed by atoms with van der Waals surface area (Å²) in [5.74, 6) is 0.607. The fraction of sp³-hybridized carbons (Fsp3) is 0.636. The zero-order chi connectivity index (χ0) is 12.0. The van der Waals surface area contributed by atoms with Crippen molar-refractivity contribution in [2.24, 2.45) is 10.7 Å². The molecule has 1 aromatic rings. The molecule has 0 radical (unpaired) electrons. The molecule has 0 amide bonds. The summed E-state index contributed by atoms with van der Waals surface area (Å²) in [6.07, 6.45) is 0.986. The van der Waals surface area contributed by atoms with Crippen molar-refractivity contribution in [3.05, 3.63) is 16.1 Å². The van der Waals surface area contributed by atoms with Gasteiger partial charge < -0.3 is 10.6 Å². The molecular weight excluding hydrogens is 220 g/mol. The third-order valence-electron chi connectivity index (χ3n) is 2.39. The first-order valence-corrected chi connectivity index (χ1v) is 6.57. The summed E-state index contributed by atoms with van der Waals surface area (Å²) < 4.78 is 0. The van der Waals surface area contributed by atoms with Crippen molar-refractivity contribution in [3.8, 4) is 0 Å². The Morgan fingerprint density at radius 1 is 1.44 bits per heavy atom. The molecule has 4 nitrogen and oxygen atoms in total. The highest BCUT2D eigenvalue weighted by molar-refractivity contribution is 7.09. The number of nitrogens with zero attached hydrogens (tertiary/aromatic N) is 3. The zero-order valence-corrected chi connectivity index (χ0v) is 11.0. The molecule has 5 heteroatoms. The van der Waals surface area contributed by atoms with Gasteiger partial charge in [-0.05, 0) is 20.3 Å². The molecule has 0 bridgehead atoms. The summed E-state index contributed by atoms with van der Waals surface area (Å²) in [6, 6.07) is 0. The number of aryl methyl sites for hydroxylation is 1. The van der Waals surface area contributed by atoms with Crippen molar-refractivity contribution < 1.29 is 0 Å². The van der Waals surface area contributed by atoms with Gasteiger partial charge in [-0.1, -0.05) is 6.92 Å². The maximum absolute atomic E-state index is 5.88. The van der Waals surface area contributed by atoms with Gasteiger partial charge in [-0.25, -0.2) is 9.98 Å². The largest absolute Gasteiger partial charge is 0.370 e. The molecule has 1 aromatic heterocycles. The maximum atomic E-state index is 5.88. The van der Waals surface area contributed by atoms with Gasteiger partial charge in [-0.3, -0.25) is 0 Å². The van der Waals surface area contributed by atoms with Crippen LogP contribution in [0.1, 0.15) is 31.5 Å². The first-order valence-electron chi connectivity index (χ1n) is 5.69. The molecular formula is C11H20N4S. The molecule has 16 heavy (non-hydrogen) atoms. The van der Waals surface area contributed by atoms with Gasteiger partial charge in [0, 0.05) is 18.5 Å². The summed E-state index contributed by atoms with van der Waals surface area (Å²) in [5, 5.41) is 3.21. The number of hydrogen-bond acceptors (Lipinski definition) is 3. The maximum Gasteiger partial charge on any atom is 0.191 e. The average Bonchev–Trinajstić information content (AvgIpc) is 2.76. The van der Waals surface area contributed by atoms with E-state index in [1.54, 1.807) is 11.3 Å². The van der Waals surface area contributed by atoms with Crippen LogP contribution in [0.25, 0.3) is 0 Å². The van der Waals surface area contributed by atoms with Crippen LogP contribution in [0.2, 0.25) is 0 Å². The Hall–Kier alpha value is -1.10. The summed E-state index contributed by atoms with van der Waals surface area (Å²) in [4.78, 5) is 10.8. The van der Waals surface area contributed by atoms with E-state index in [1.165, 1.54) is 0 Å². The van der Waals surface area contributed by atoms with E-state index in [2.05, 4.69) is 36.1 Å². The predicted molar refractivity (Wildman–Crippen MR) is 69.7 cm³/mol. The monoisotopic (exact) mass is 240 g/mol. The molecule has 0 atom stereocenters. The highest BCUT2D eigenvalue weighted by Crippen LogP contribution is 2.10. The van der Waals surface area contributed by atoms with E-state index in [9.17, 15) is 0 Å². The fourth-order valence-corrected chi connectivity index (χ4v) is 2.13. The summed E-state index contributed by atoms with van der Waals surface area (Å²) in [6.45, 7) is 8.62. The van der Waals surface area contributed by atoms with Crippen molar-refractivity contribution in [1.29, 1.82) is 0 Å². The molecule has 0 saturated carbocycles. The lowest BCUT2D eigenvalue weighted by molar-refractivity contribution is 0.458. The number of hydrogen-bond donors (Lipinski definition) is 1. The van der Waals surface area contributed by atoms with E-state index in [-0.39, 0.29) is 0 Å². The van der Waals surface area contributed by atoms with Crippen LogP contribution in [0.3, 0.4) is 0 Å². The highest BCUT2D eigenvalue weighted by atomic mass is 32.1. The minimum Gasteiger partial charge on any atom is -0.370 e. The lowest BCUT2D eigenvalue weighted by atomic mass is 10.4. The van der Waals surface area contributed by atoms with Gasteiger partial charge >= 0.3 is 0 Å². The van der Waals surface area contributed by atoms with E-state index in [4.69, 9.17) is 5.73 Å². The van der Waals surface area contributed by atoms with Crippen molar-refractivity contribution in [2.75, 3.05) is 13.1 Å². The van der Waals surface area contributed by atoms with Crippen LogP contribution in [0.15, 0.2) is 10.4 Å². The first-order chi connectivity index (χ1) is 7.71. The average molecular weight is 240 g/mol. The number of thiazole rings is 1. The molecule has 0 unspecified atom stereocenters. The fourth-order valence-electron chi connectivity index (χ4n) is 1.39. The van der Waals surface area contributed by atoms with Crippen molar-refractivity contribution in [3.63, 3.8) is 0 Å². The Bertz CT molecular complexity index is 342. The van der Waals surface area contributed by atoms with Gasteiger partial charge in [0.15, 0.2) is 5.96 Å². The van der Waals surface area contributed by atoms with Crippen molar-refractivity contribution >= 4 is 17.3 Å². The summed E-state index contributed by atoms with van der Waals surface area (Å²) in [7, 11) is 0. The Morgan fingerprint density at radius 2 is 2.12 bits per heavy atom. The van der Waals surface area contributed by atoms with Crippen molar-refractivity contribution in [1.82, 2.24) is 9.88 Å². The number of aliphatic imine (C=N–C) groups is 1. The third kappa shape index (κ3) is 3.48. The van der Waals surface area contributed by atoms with Crippen LogP contribution in [0.5, 0.6) is 0 Å². The van der Waals surface area contributed by atoms with E-state index >= 15 is 0 Å². The van der Waals surface area contributed by atoms with E-state index in [1.807, 2.05) is 4.90 Å². The molecule has 1 rings (SSSR count). The normalized spacial score (nSPS) is 11.8. The van der Waals surface area contributed by atoms with Crippen molar-refractivity contribution in [2.45, 2.75) is 33.7 Å². The second kappa shape index (κ2) is 6.48. The predicted octanol–water partition coefficient (Wildman–Crippen LogP) is 1.86. The van der Waals surface area contributed by atoms with Crippen LogP contribution in [-0.2, 0) is 13.0 Å². The van der Waals surface area contributed by atoms with Gasteiger partial charge in [-0.15, -0.1) is 11.3 Å². The molecule has 0 aliphatic carbocycles. The second-order valence-electron chi connectivity index (χ2n) is 3.43.